The van der Waals surface area contributed by atoms with E-state index in [1.54, 1.807) is 0 Å². The highest BCUT2D eigenvalue weighted by Gasteiger charge is 2.47. The summed E-state index contributed by atoms with van der Waals surface area (Å²) in [5, 5.41) is 1.41. The van der Waals surface area contributed by atoms with Gasteiger partial charge < -0.3 is 9.80 Å². The first-order chi connectivity index (χ1) is 27.2. The van der Waals surface area contributed by atoms with Gasteiger partial charge in [-0.25, -0.2) is 0 Å². The fourth-order valence-electron chi connectivity index (χ4n) is 11.3. The van der Waals surface area contributed by atoms with Crippen LogP contribution in [-0.4, -0.2) is 6.71 Å². The first-order valence-electron chi connectivity index (χ1n) is 21.9. The lowest BCUT2D eigenvalue weighted by Gasteiger charge is -2.45. The van der Waals surface area contributed by atoms with Crippen molar-refractivity contribution in [1.82, 2.24) is 0 Å². The molecule has 0 saturated heterocycles. The van der Waals surface area contributed by atoms with Crippen molar-refractivity contribution in [3.63, 3.8) is 0 Å². The van der Waals surface area contributed by atoms with Crippen LogP contribution in [0.3, 0.4) is 0 Å². The minimum absolute atomic E-state index is 0.0171. The van der Waals surface area contributed by atoms with E-state index in [4.69, 9.17) is 0 Å². The molecule has 6 aromatic rings. The fraction of sp³-hybridized carbons (Fsp3) is 0.407. The number of thiophene rings is 1. The number of anilines is 6. The molecule has 296 valence electrons. The van der Waals surface area contributed by atoms with Crippen molar-refractivity contribution in [2.45, 2.75) is 143 Å². The molecule has 2 aliphatic heterocycles. The monoisotopic (exact) mass is 780 g/mol. The highest BCUT2D eigenvalue weighted by atomic mass is 32.1. The van der Waals surface area contributed by atoms with E-state index >= 15 is 0 Å². The summed E-state index contributed by atoms with van der Waals surface area (Å²) < 4.78 is 2.89. The summed E-state index contributed by atoms with van der Waals surface area (Å²) in [6.45, 7) is 31.4. The second-order valence-corrected chi connectivity index (χ2v) is 23.2. The first kappa shape index (κ1) is 38.0. The van der Waals surface area contributed by atoms with Gasteiger partial charge in [-0.05, 0) is 171 Å². The summed E-state index contributed by atoms with van der Waals surface area (Å²) >= 11 is 2.06. The SMILES string of the molecule is Cc1cc(C)cc(N2c3ccc(C(C)(C)C)cc3B3c4sc5cc6c(cc5c4N(c4ccc5c(c4)C(C)(C)CCC5(C)C)c4cccc2c43)C(C)(C)CCC6(C)C)c1. The largest absolute Gasteiger partial charge is 0.311 e. The Morgan fingerprint density at radius 2 is 1.12 bits per heavy atom. The quantitative estimate of drug-likeness (QED) is 0.161. The summed E-state index contributed by atoms with van der Waals surface area (Å²) in [5.41, 5.74) is 21.2. The molecule has 4 aliphatic rings. The Labute approximate surface area is 352 Å². The van der Waals surface area contributed by atoms with E-state index in [1.165, 1.54) is 125 Å². The number of rotatable bonds is 2. The molecular weight excluding hydrogens is 719 g/mol. The maximum Gasteiger partial charge on any atom is 0.264 e. The molecule has 10 rings (SSSR count). The van der Waals surface area contributed by atoms with Gasteiger partial charge in [-0.1, -0.05) is 106 Å². The number of hydrogen-bond donors (Lipinski definition) is 0. The minimum atomic E-state index is 0.0171. The van der Waals surface area contributed by atoms with Crippen LogP contribution in [0.5, 0.6) is 0 Å². The minimum Gasteiger partial charge on any atom is -0.311 e. The van der Waals surface area contributed by atoms with Crippen molar-refractivity contribution >= 4 is 78.0 Å². The lowest BCUT2D eigenvalue weighted by Crippen LogP contribution is -2.60. The zero-order valence-corrected chi connectivity index (χ0v) is 38.1. The average molecular weight is 781 g/mol. The third kappa shape index (κ3) is 5.49. The first-order valence-corrected chi connectivity index (χ1v) is 22.7. The molecule has 1 aromatic heterocycles. The van der Waals surface area contributed by atoms with Crippen LogP contribution in [0.4, 0.5) is 34.1 Å². The van der Waals surface area contributed by atoms with Crippen molar-refractivity contribution in [2.24, 2.45) is 0 Å². The molecule has 0 N–H and O–H groups in total. The molecule has 2 aliphatic carbocycles. The van der Waals surface area contributed by atoms with Crippen molar-refractivity contribution < 1.29 is 0 Å². The van der Waals surface area contributed by atoms with Crippen molar-refractivity contribution in [2.75, 3.05) is 9.80 Å². The maximum atomic E-state index is 2.70. The molecule has 0 bridgehead atoms. The number of aryl methyl sites for hydroxylation is 2. The molecule has 4 heteroatoms. The van der Waals surface area contributed by atoms with Gasteiger partial charge in [0.25, 0.3) is 6.71 Å². The fourth-order valence-corrected chi connectivity index (χ4v) is 12.6. The molecular formula is C54H61BN2S. The number of fused-ring (bicyclic) bond motifs is 8. The Balaban J connectivity index is 1.33. The number of hydrogen-bond acceptors (Lipinski definition) is 3. The predicted molar refractivity (Wildman–Crippen MR) is 255 cm³/mol. The van der Waals surface area contributed by atoms with Crippen LogP contribution in [0.25, 0.3) is 10.1 Å². The van der Waals surface area contributed by atoms with Crippen LogP contribution in [0.15, 0.2) is 84.9 Å². The van der Waals surface area contributed by atoms with Crippen LogP contribution in [0.1, 0.15) is 141 Å². The van der Waals surface area contributed by atoms with E-state index in [0.717, 1.165) is 0 Å². The van der Waals surface area contributed by atoms with Crippen molar-refractivity contribution in [1.29, 1.82) is 0 Å². The van der Waals surface area contributed by atoms with Crippen molar-refractivity contribution in [3.8, 4) is 0 Å². The lowest BCUT2D eigenvalue weighted by atomic mass is 9.36. The molecule has 0 amide bonds. The number of benzene rings is 5. The highest BCUT2D eigenvalue weighted by molar-refractivity contribution is 7.33. The molecule has 0 spiro atoms. The van der Waals surface area contributed by atoms with Crippen LogP contribution >= 0.6 is 11.3 Å². The molecule has 0 radical (unpaired) electrons. The second kappa shape index (κ2) is 12.2. The standard InChI is InChI=1S/C54H61BN2S/c1-32-25-33(2)27-36(26-32)56-43-20-17-34(50(3,4)5)28-42(43)55-47-44(56)15-14-16-45(47)57(35-18-19-38-39(29-35)52(8,9)22-21-51(38,6)7)48-37-30-40-41(31-46(37)58-49(48)55)54(12,13)24-23-53(40,10)11/h14-20,25-31H,21-24H2,1-13H3. The van der Waals surface area contributed by atoms with Gasteiger partial charge in [0.2, 0.25) is 0 Å². The van der Waals surface area contributed by atoms with Crippen LogP contribution in [0.2, 0.25) is 0 Å². The van der Waals surface area contributed by atoms with Gasteiger partial charge in [-0.15, -0.1) is 11.3 Å². The van der Waals surface area contributed by atoms with E-state index < -0.39 is 0 Å². The van der Waals surface area contributed by atoms with E-state index in [-0.39, 0.29) is 33.8 Å². The van der Waals surface area contributed by atoms with Crippen LogP contribution in [0, 0.1) is 13.8 Å². The Bertz CT molecular complexity index is 2700. The van der Waals surface area contributed by atoms with Gasteiger partial charge >= 0.3 is 0 Å². The third-order valence-corrected chi connectivity index (χ3v) is 16.2. The molecule has 0 atom stereocenters. The zero-order chi connectivity index (χ0) is 41.1. The molecule has 2 nitrogen and oxygen atoms in total. The Hall–Kier alpha value is -4.28. The number of nitrogens with zero attached hydrogens (tertiary/aromatic N) is 2. The summed E-state index contributed by atoms with van der Waals surface area (Å²) in [4.78, 5) is 5.28. The normalized spacial score (nSPS) is 19.3. The van der Waals surface area contributed by atoms with Gasteiger partial charge in [0, 0.05) is 43.3 Å². The Kier molecular flexibility index (Phi) is 7.96. The van der Waals surface area contributed by atoms with Gasteiger partial charge in [0.15, 0.2) is 0 Å². The van der Waals surface area contributed by atoms with E-state index in [1.807, 2.05) is 0 Å². The smallest absolute Gasteiger partial charge is 0.264 e. The molecule has 3 heterocycles. The van der Waals surface area contributed by atoms with Gasteiger partial charge in [-0.3, -0.25) is 0 Å². The maximum absolute atomic E-state index is 2.70. The molecule has 0 saturated carbocycles. The molecule has 58 heavy (non-hydrogen) atoms. The van der Waals surface area contributed by atoms with Crippen molar-refractivity contribution in [3.05, 3.63) is 124 Å². The topological polar surface area (TPSA) is 6.48 Å². The van der Waals surface area contributed by atoms with E-state index in [2.05, 4.69) is 196 Å². The molecule has 5 aromatic carbocycles. The van der Waals surface area contributed by atoms with E-state index in [9.17, 15) is 0 Å². The second-order valence-electron chi connectivity index (χ2n) is 22.2. The Morgan fingerprint density at radius 1 is 0.552 bits per heavy atom. The lowest BCUT2D eigenvalue weighted by molar-refractivity contribution is 0.332. The summed E-state index contributed by atoms with van der Waals surface area (Å²) in [5.74, 6) is 0. The average Bonchev–Trinajstić information content (AvgIpc) is 3.52. The highest BCUT2D eigenvalue weighted by Crippen LogP contribution is 2.54. The summed E-state index contributed by atoms with van der Waals surface area (Å²) in [7, 11) is 0. The van der Waals surface area contributed by atoms with Crippen LogP contribution in [-0.2, 0) is 27.1 Å². The van der Waals surface area contributed by atoms with E-state index in [0.29, 0.717) is 0 Å². The summed E-state index contributed by atoms with van der Waals surface area (Å²) in [6, 6.07) is 34.4. The summed E-state index contributed by atoms with van der Waals surface area (Å²) in [6.07, 6.45) is 4.83. The van der Waals surface area contributed by atoms with Gasteiger partial charge in [0.1, 0.15) is 0 Å². The molecule has 0 unspecified atom stereocenters. The molecule has 0 fully saturated rings. The van der Waals surface area contributed by atoms with Gasteiger partial charge in [-0.2, -0.15) is 0 Å². The third-order valence-electron chi connectivity index (χ3n) is 15.0. The Morgan fingerprint density at radius 3 is 1.74 bits per heavy atom. The predicted octanol–water partition coefficient (Wildman–Crippen LogP) is 13.6. The zero-order valence-electron chi connectivity index (χ0n) is 37.3. The van der Waals surface area contributed by atoms with Crippen LogP contribution < -0.4 is 25.5 Å². The van der Waals surface area contributed by atoms with Gasteiger partial charge in [0.05, 0.1) is 5.69 Å².